The summed E-state index contributed by atoms with van der Waals surface area (Å²) >= 11 is 0. The number of benzene rings is 1. The maximum absolute atomic E-state index is 13.8. The van der Waals surface area contributed by atoms with Crippen LogP contribution in [0, 0.1) is 11.7 Å². The highest BCUT2D eigenvalue weighted by molar-refractivity contribution is 5.90. The summed E-state index contributed by atoms with van der Waals surface area (Å²) in [5, 5.41) is 3.73. The van der Waals surface area contributed by atoms with Gasteiger partial charge >= 0.3 is 12.1 Å². The summed E-state index contributed by atoms with van der Waals surface area (Å²) in [5.41, 5.74) is 0.413. The maximum Gasteiger partial charge on any atom is 0.471 e. The molecule has 1 N–H and O–H groups in total. The Bertz CT molecular complexity index is 836. The number of likely N-dealkylation sites (tertiary alicyclic amines) is 1. The molecule has 0 spiro atoms. The van der Waals surface area contributed by atoms with Gasteiger partial charge in [0.25, 0.3) is 0 Å². The second-order valence-electron chi connectivity index (χ2n) is 6.34. The molecule has 146 valence electrons. The fourth-order valence-electron chi connectivity index (χ4n) is 3.12. The summed E-state index contributed by atoms with van der Waals surface area (Å²) in [4.78, 5) is 20.3. The van der Waals surface area contributed by atoms with Gasteiger partial charge in [0, 0.05) is 31.1 Å². The highest BCUT2D eigenvalue weighted by atomic mass is 19.4. The summed E-state index contributed by atoms with van der Waals surface area (Å²) in [6.45, 7) is 0.600. The Hall–Kier alpha value is -2.65. The molecular formula is C17H18F4N4O2. The quantitative estimate of drug-likeness (QED) is 0.819. The first-order valence-corrected chi connectivity index (χ1v) is 8.38. The largest absolute Gasteiger partial charge is 0.494 e. The first-order valence-electron chi connectivity index (χ1n) is 8.38. The molecule has 0 atom stereocenters. The Kier molecular flexibility index (Phi) is 5.33. The number of methoxy groups -OCH3 is 1. The van der Waals surface area contributed by atoms with Crippen LogP contribution in [0.4, 0.5) is 23.4 Å². The van der Waals surface area contributed by atoms with E-state index in [2.05, 4.69) is 15.3 Å². The number of carbonyl (C=O) groups is 1. The molecule has 1 saturated heterocycles. The Labute approximate surface area is 152 Å². The Morgan fingerprint density at radius 1 is 1.30 bits per heavy atom. The predicted molar refractivity (Wildman–Crippen MR) is 89.9 cm³/mol. The molecule has 0 aliphatic carbocycles. The van der Waals surface area contributed by atoms with Crippen LogP contribution >= 0.6 is 0 Å². The number of anilines is 1. The molecular weight excluding hydrogens is 368 g/mol. The molecule has 6 nitrogen and oxygen atoms in total. The van der Waals surface area contributed by atoms with Gasteiger partial charge in [0.05, 0.1) is 12.6 Å². The van der Waals surface area contributed by atoms with Crippen molar-refractivity contribution < 1.29 is 27.1 Å². The van der Waals surface area contributed by atoms with Crippen molar-refractivity contribution in [2.75, 3.05) is 32.1 Å². The molecule has 1 aromatic heterocycles. The number of carbonyl (C=O) groups excluding carboxylic acids is 1. The second-order valence-corrected chi connectivity index (χ2v) is 6.34. The molecule has 1 aromatic carbocycles. The summed E-state index contributed by atoms with van der Waals surface area (Å²) in [7, 11) is 1.36. The average Bonchev–Trinajstić information content (AvgIpc) is 2.64. The van der Waals surface area contributed by atoms with Gasteiger partial charge in [-0.25, -0.2) is 14.4 Å². The number of nitrogens with zero attached hydrogens (tertiary/aromatic N) is 3. The minimum absolute atomic E-state index is 0.0637. The number of piperidine rings is 1. The summed E-state index contributed by atoms with van der Waals surface area (Å²) < 4.78 is 56.2. The lowest BCUT2D eigenvalue weighted by Crippen LogP contribution is -2.46. The van der Waals surface area contributed by atoms with Crippen molar-refractivity contribution in [1.82, 2.24) is 14.9 Å². The molecule has 0 bridgehead atoms. The van der Waals surface area contributed by atoms with E-state index in [0.29, 0.717) is 36.1 Å². The van der Waals surface area contributed by atoms with Gasteiger partial charge in [0.2, 0.25) is 0 Å². The van der Waals surface area contributed by atoms with E-state index in [4.69, 9.17) is 4.74 Å². The van der Waals surface area contributed by atoms with Gasteiger partial charge in [0.15, 0.2) is 11.6 Å². The first-order chi connectivity index (χ1) is 12.8. The standard InChI is InChI=1S/C17H18F4N4O2/c1-27-14-6-11-13(7-12(14)18)23-9-24-15(11)22-8-10-2-4-25(5-3-10)16(26)17(19,20)21/h6-7,9-10H,2-5,8H2,1H3,(H,22,23,24). The lowest BCUT2D eigenvalue weighted by atomic mass is 9.96. The van der Waals surface area contributed by atoms with E-state index in [1.165, 1.54) is 25.6 Å². The van der Waals surface area contributed by atoms with Crippen LogP contribution in [0.15, 0.2) is 18.5 Å². The zero-order valence-electron chi connectivity index (χ0n) is 14.5. The summed E-state index contributed by atoms with van der Waals surface area (Å²) in [6.07, 6.45) is -2.62. The van der Waals surface area contributed by atoms with Crippen molar-refractivity contribution in [3.63, 3.8) is 0 Å². The monoisotopic (exact) mass is 386 g/mol. The number of nitrogens with one attached hydrogen (secondary N) is 1. The molecule has 1 amide bonds. The Balaban J connectivity index is 1.64. The van der Waals surface area contributed by atoms with Crippen LogP contribution in [0.25, 0.3) is 10.9 Å². The van der Waals surface area contributed by atoms with E-state index in [0.717, 1.165) is 4.90 Å². The number of amides is 1. The van der Waals surface area contributed by atoms with Crippen molar-refractivity contribution in [3.8, 4) is 5.75 Å². The van der Waals surface area contributed by atoms with Crippen LogP contribution in [0.5, 0.6) is 5.75 Å². The van der Waals surface area contributed by atoms with Crippen LogP contribution in [0.2, 0.25) is 0 Å². The fraction of sp³-hybridized carbons (Fsp3) is 0.471. The van der Waals surface area contributed by atoms with Gasteiger partial charge < -0.3 is 15.0 Å². The van der Waals surface area contributed by atoms with Gasteiger partial charge in [-0.15, -0.1) is 0 Å². The molecule has 0 unspecified atom stereocenters. The fourth-order valence-corrected chi connectivity index (χ4v) is 3.12. The minimum Gasteiger partial charge on any atom is -0.494 e. The SMILES string of the molecule is COc1cc2c(NCC3CCN(C(=O)C(F)(F)F)CC3)ncnc2cc1F. The maximum atomic E-state index is 13.8. The van der Waals surface area contributed by atoms with Crippen molar-refractivity contribution in [3.05, 3.63) is 24.3 Å². The van der Waals surface area contributed by atoms with Crippen molar-refractivity contribution in [2.45, 2.75) is 19.0 Å². The van der Waals surface area contributed by atoms with Crippen LogP contribution in [0.1, 0.15) is 12.8 Å². The van der Waals surface area contributed by atoms with E-state index < -0.39 is 17.9 Å². The Morgan fingerprint density at radius 2 is 2.00 bits per heavy atom. The molecule has 2 aromatic rings. The summed E-state index contributed by atoms with van der Waals surface area (Å²) in [6, 6.07) is 2.75. The van der Waals surface area contributed by atoms with E-state index in [1.807, 2.05) is 0 Å². The number of rotatable bonds is 4. The Morgan fingerprint density at radius 3 is 2.63 bits per heavy atom. The number of fused-ring (bicyclic) bond motifs is 1. The smallest absolute Gasteiger partial charge is 0.471 e. The second kappa shape index (κ2) is 7.53. The van der Waals surface area contributed by atoms with Crippen LogP contribution in [-0.4, -0.2) is 53.7 Å². The molecule has 2 heterocycles. The zero-order valence-corrected chi connectivity index (χ0v) is 14.5. The molecule has 1 aliphatic heterocycles. The van der Waals surface area contributed by atoms with Crippen molar-refractivity contribution in [2.24, 2.45) is 5.92 Å². The van der Waals surface area contributed by atoms with Gasteiger partial charge in [-0.1, -0.05) is 0 Å². The van der Waals surface area contributed by atoms with Gasteiger partial charge in [-0.3, -0.25) is 4.79 Å². The van der Waals surface area contributed by atoms with E-state index in [-0.39, 0.29) is 24.8 Å². The predicted octanol–water partition coefficient (Wildman–Crippen LogP) is 2.99. The number of hydrogen-bond acceptors (Lipinski definition) is 5. The molecule has 3 rings (SSSR count). The highest BCUT2D eigenvalue weighted by Crippen LogP contribution is 2.28. The van der Waals surface area contributed by atoms with Gasteiger partial charge in [-0.05, 0) is 24.8 Å². The number of ether oxygens (including phenoxy) is 1. The molecule has 27 heavy (non-hydrogen) atoms. The van der Waals surface area contributed by atoms with Crippen LogP contribution in [-0.2, 0) is 4.79 Å². The number of hydrogen-bond donors (Lipinski definition) is 1. The van der Waals surface area contributed by atoms with Crippen molar-refractivity contribution >= 4 is 22.6 Å². The van der Waals surface area contributed by atoms with Crippen LogP contribution < -0.4 is 10.1 Å². The topological polar surface area (TPSA) is 67.3 Å². The molecule has 10 heteroatoms. The summed E-state index contributed by atoms with van der Waals surface area (Å²) in [5.74, 6) is -1.66. The molecule has 1 fully saturated rings. The van der Waals surface area contributed by atoms with E-state index >= 15 is 0 Å². The number of halogens is 4. The first kappa shape index (κ1) is 19.1. The average molecular weight is 386 g/mol. The zero-order chi connectivity index (χ0) is 19.6. The normalized spacial score (nSPS) is 15.8. The van der Waals surface area contributed by atoms with Gasteiger partial charge in [0.1, 0.15) is 12.1 Å². The third-order valence-electron chi connectivity index (χ3n) is 4.61. The van der Waals surface area contributed by atoms with Crippen molar-refractivity contribution in [1.29, 1.82) is 0 Å². The number of aromatic nitrogens is 2. The minimum atomic E-state index is -4.83. The third kappa shape index (κ3) is 4.20. The van der Waals surface area contributed by atoms with E-state index in [1.54, 1.807) is 0 Å². The van der Waals surface area contributed by atoms with E-state index in [9.17, 15) is 22.4 Å². The third-order valence-corrected chi connectivity index (χ3v) is 4.61. The molecule has 0 radical (unpaired) electrons. The molecule has 0 saturated carbocycles. The lowest BCUT2D eigenvalue weighted by molar-refractivity contribution is -0.186. The highest BCUT2D eigenvalue weighted by Gasteiger charge is 2.43. The lowest BCUT2D eigenvalue weighted by Gasteiger charge is -2.32. The van der Waals surface area contributed by atoms with Gasteiger partial charge in [-0.2, -0.15) is 13.2 Å². The number of alkyl halides is 3. The van der Waals surface area contributed by atoms with Crippen LogP contribution in [0.3, 0.4) is 0 Å². The molecule has 1 aliphatic rings.